The SMILES string of the molecule is Cc1cc(C)cc(C(=O)NCC(=O)OCC(=O)c2ccc(Br)cc2)c1. The van der Waals surface area contributed by atoms with Gasteiger partial charge in [-0.05, 0) is 38.1 Å². The topological polar surface area (TPSA) is 72.5 Å². The molecule has 0 fully saturated rings. The number of aryl methyl sites for hydroxylation is 2. The lowest BCUT2D eigenvalue weighted by Gasteiger charge is -2.08. The summed E-state index contributed by atoms with van der Waals surface area (Å²) in [6.07, 6.45) is 0. The second kappa shape index (κ2) is 8.58. The van der Waals surface area contributed by atoms with Crippen molar-refractivity contribution in [1.29, 1.82) is 0 Å². The van der Waals surface area contributed by atoms with Gasteiger partial charge in [-0.2, -0.15) is 0 Å². The number of hydrogen-bond donors (Lipinski definition) is 1. The van der Waals surface area contributed by atoms with Gasteiger partial charge in [-0.3, -0.25) is 14.4 Å². The fourth-order valence-corrected chi connectivity index (χ4v) is 2.54. The Hall–Kier alpha value is -2.47. The van der Waals surface area contributed by atoms with Gasteiger partial charge in [0.15, 0.2) is 12.4 Å². The first-order valence-corrected chi connectivity index (χ1v) is 8.45. The van der Waals surface area contributed by atoms with E-state index in [2.05, 4.69) is 21.2 Å². The highest BCUT2D eigenvalue weighted by molar-refractivity contribution is 9.10. The number of halogens is 1. The molecule has 0 aromatic heterocycles. The minimum absolute atomic E-state index is 0.292. The van der Waals surface area contributed by atoms with Gasteiger partial charge in [0.05, 0.1) is 0 Å². The molecule has 0 unspecified atom stereocenters. The van der Waals surface area contributed by atoms with E-state index in [0.717, 1.165) is 15.6 Å². The number of hydrogen-bond acceptors (Lipinski definition) is 4. The monoisotopic (exact) mass is 403 g/mol. The maximum Gasteiger partial charge on any atom is 0.325 e. The van der Waals surface area contributed by atoms with Crippen LogP contribution in [0.4, 0.5) is 0 Å². The van der Waals surface area contributed by atoms with Gasteiger partial charge in [0.25, 0.3) is 5.91 Å². The molecule has 0 aliphatic heterocycles. The van der Waals surface area contributed by atoms with Gasteiger partial charge in [-0.1, -0.05) is 45.3 Å². The van der Waals surface area contributed by atoms with Gasteiger partial charge >= 0.3 is 5.97 Å². The summed E-state index contributed by atoms with van der Waals surface area (Å²) in [6, 6.07) is 12.2. The number of ether oxygens (including phenoxy) is 1. The predicted molar refractivity (Wildman–Crippen MR) is 97.7 cm³/mol. The van der Waals surface area contributed by atoms with E-state index in [1.807, 2.05) is 19.9 Å². The van der Waals surface area contributed by atoms with Crippen LogP contribution in [0.5, 0.6) is 0 Å². The highest BCUT2D eigenvalue weighted by Gasteiger charge is 2.12. The molecule has 0 aliphatic rings. The van der Waals surface area contributed by atoms with Gasteiger partial charge in [0, 0.05) is 15.6 Å². The Morgan fingerprint density at radius 2 is 1.56 bits per heavy atom. The van der Waals surface area contributed by atoms with Crippen molar-refractivity contribution in [2.24, 2.45) is 0 Å². The highest BCUT2D eigenvalue weighted by atomic mass is 79.9. The molecule has 0 atom stereocenters. The van der Waals surface area contributed by atoms with Gasteiger partial charge in [-0.25, -0.2) is 0 Å². The van der Waals surface area contributed by atoms with Gasteiger partial charge < -0.3 is 10.1 Å². The molecule has 25 heavy (non-hydrogen) atoms. The van der Waals surface area contributed by atoms with E-state index in [1.165, 1.54) is 0 Å². The van der Waals surface area contributed by atoms with Gasteiger partial charge in [0.1, 0.15) is 6.54 Å². The third-order valence-corrected chi connectivity index (χ3v) is 3.94. The fraction of sp³-hybridized carbons (Fsp3) is 0.211. The van der Waals surface area contributed by atoms with Crippen LogP contribution in [0, 0.1) is 13.8 Å². The lowest BCUT2D eigenvalue weighted by molar-refractivity contribution is -0.141. The molecule has 0 bridgehead atoms. The molecule has 1 amide bonds. The van der Waals surface area contributed by atoms with E-state index in [4.69, 9.17) is 4.74 Å². The van der Waals surface area contributed by atoms with Crippen molar-refractivity contribution in [1.82, 2.24) is 5.32 Å². The van der Waals surface area contributed by atoms with Crippen molar-refractivity contribution < 1.29 is 19.1 Å². The highest BCUT2D eigenvalue weighted by Crippen LogP contribution is 2.11. The first-order valence-electron chi connectivity index (χ1n) is 7.66. The zero-order chi connectivity index (χ0) is 18.4. The summed E-state index contributed by atoms with van der Waals surface area (Å²) >= 11 is 3.28. The normalized spacial score (nSPS) is 10.2. The van der Waals surface area contributed by atoms with Crippen molar-refractivity contribution in [2.75, 3.05) is 13.2 Å². The Labute approximate surface area is 154 Å². The molecule has 0 spiro atoms. The smallest absolute Gasteiger partial charge is 0.325 e. The quantitative estimate of drug-likeness (QED) is 0.593. The maximum atomic E-state index is 12.1. The Bertz CT molecular complexity index is 779. The summed E-state index contributed by atoms with van der Waals surface area (Å²) in [7, 11) is 0. The molecule has 0 radical (unpaired) electrons. The number of esters is 1. The third kappa shape index (κ3) is 5.83. The summed E-state index contributed by atoms with van der Waals surface area (Å²) in [6.45, 7) is 3.14. The summed E-state index contributed by atoms with van der Waals surface area (Å²) in [5.41, 5.74) is 2.87. The summed E-state index contributed by atoms with van der Waals surface area (Å²) in [4.78, 5) is 35.7. The summed E-state index contributed by atoms with van der Waals surface area (Å²) in [5.74, 6) is -1.33. The number of ketones is 1. The molecule has 2 aromatic carbocycles. The minimum atomic E-state index is -0.664. The van der Waals surface area contributed by atoms with E-state index in [-0.39, 0.29) is 24.8 Å². The molecule has 2 rings (SSSR count). The van der Waals surface area contributed by atoms with Crippen LogP contribution in [0.3, 0.4) is 0 Å². The Kier molecular flexibility index (Phi) is 6.47. The molecule has 0 heterocycles. The van der Waals surface area contributed by atoms with E-state index in [9.17, 15) is 14.4 Å². The second-order valence-corrected chi connectivity index (χ2v) is 6.57. The minimum Gasteiger partial charge on any atom is -0.456 e. The lowest BCUT2D eigenvalue weighted by atomic mass is 10.1. The van der Waals surface area contributed by atoms with Crippen LogP contribution >= 0.6 is 15.9 Å². The molecular weight excluding hydrogens is 386 g/mol. The Morgan fingerprint density at radius 3 is 2.16 bits per heavy atom. The number of carbonyl (C=O) groups is 3. The zero-order valence-electron chi connectivity index (χ0n) is 14.0. The number of nitrogens with one attached hydrogen (secondary N) is 1. The van der Waals surface area contributed by atoms with Crippen molar-refractivity contribution in [3.8, 4) is 0 Å². The molecule has 1 N–H and O–H groups in total. The van der Waals surface area contributed by atoms with Crippen LogP contribution in [0.25, 0.3) is 0 Å². The van der Waals surface area contributed by atoms with E-state index in [0.29, 0.717) is 11.1 Å². The molecular formula is C19H18BrNO4. The molecule has 0 saturated carbocycles. The molecule has 0 aliphatic carbocycles. The van der Waals surface area contributed by atoms with Crippen molar-refractivity contribution >= 4 is 33.6 Å². The van der Waals surface area contributed by atoms with Crippen molar-refractivity contribution in [3.05, 3.63) is 69.2 Å². The van der Waals surface area contributed by atoms with Crippen molar-refractivity contribution in [3.63, 3.8) is 0 Å². The average Bonchev–Trinajstić information content (AvgIpc) is 2.57. The number of Topliss-reactive ketones (excluding diaryl/α,β-unsaturated/α-hetero) is 1. The summed E-state index contributed by atoms with van der Waals surface area (Å²) in [5, 5.41) is 2.49. The zero-order valence-corrected chi connectivity index (χ0v) is 15.6. The van der Waals surface area contributed by atoms with Crippen LogP contribution < -0.4 is 5.32 Å². The van der Waals surface area contributed by atoms with Gasteiger partial charge in [-0.15, -0.1) is 0 Å². The van der Waals surface area contributed by atoms with Crippen molar-refractivity contribution in [2.45, 2.75) is 13.8 Å². The van der Waals surface area contributed by atoms with Crippen LogP contribution in [0.1, 0.15) is 31.8 Å². The van der Waals surface area contributed by atoms with E-state index >= 15 is 0 Å². The molecule has 2 aromatic rings. The predicted octanol–water partition coefficient (Wildman–Crippen LogP) is 3.22. The largest absolute Gasteiger partial charge is 0.456 e. The second-order valence-electron chi connectivity index (χ2n) is 5.65. The van der Waals surface area contributed by atoms with Gasteiger partial charge in [0.2, 0.25) is 0 Å². The molecule has 5 nitrogen and oxygen atoms in total. The molecule has 130 valence electrons. The first-order chi connectivity index (χ1) is 11.8. The summed E-state index contributed by atoms with van der Waals surface area (Å²) < 4.78 is 5.76. The molecule has 6 heteroatoms. The van der Waals surface area contributed by atoms with E-state index < -0.39 is 5.97 Å². The van der Waals surface area contributed by atoms with Crippen LogP contribution in [0.15, 0.2) is 46.9 Å². The number of benzene rings is 2. The lowest BCUT2D eigenvalue weighted by Crippen LogP contribution is -2.31. The van der Waals surface area contributed by atoms with Crippen LogP contribution in [-0.4, -0.2) is 30.8 Å². The average molecular weight is 404 g/mol. The maximum absolute atomic E-state index is 12.1. The number of rotatable bonds is 6. The standard InChI is InChI=1S/C19H18BrNO4/c1-12-7-13(2)9-15(8-12)19(24)21-10-18(23)25-11-17(22)14-3-5-16(20)6-4-14/h3-9H,10-11H2,1-2H3,(H,21,24). The third-order valence-electron chi connectivity index (χ3n) is 3.41. The Balaban J connectivity index is 1.81. The molecule has 0 saturated heterocycles. The van der Waals surface area contributed by atoms with Crippen LogP contribution in [0.2, 0.25) is 0 Å². The number of amides is 1. The first kappa shape index (κ1) is 18.9. The van der Waals surface area contributed by atoms with E-state index in [1.54, 1.807) is 36.4 Å². The Morgan fingerprint density at radius 1 is 0.960 bits per heavy atom. The number of carbonyl (C=O) groups excluding carboxylic acids is 3. The fourth-order valence-electron chi connectivity index (χ4n) is 2.28. The van der Waals surface area contributed by atoms with Crippen LogP contribution in [-0.2, 0) is 9.53 Å².